The zero-order chi connectivity index (χ0) is 34.0. The van der Waals surface area contributed by atoms with Crippen LogP contribution in [-0.2, 0) is 0 Å². The summed E-state index contributed by atoms with van der Waals surface area (Å²) in [5.74, 6) is 0. The van der Waals surface area contributed by atoms with E-state index in [4.69, 9.17) is 0 Å². The number of rotatable bonds is 7. The van der Waals surface area contributed by atoms with Crippen LogP contribution < -0.4 is 4.90 Å². The molecule has 0 aliphatic rings. The number of fused-ring (bicyclic) bond motifs is 3. The normalized spacial score (nSPS) is 11.1. The molecule has 0 aliphatic heterocycles. The van der Waals surface area contributed by atoms with Crippen LogP contribution in [0.1, 0.15) is 0 Å². The molecule has 0 unspecified atom stereocenters. The van der Waals surface area contributed by atoms with Crippen LogP contribution in [-0.4, -0.2) is 0 Å². The molecule has 1 nitrogen and oxygen atoms in total. The highest BCUT2D eigenvalue weighted by Crippen LogP contribution is 2.44. The van der Waals surface area contributed by atoms with Crippen molar-refractivity contribution >= 4 is 38.6 Å². The minimum absolute atomic E-state index is 1.10. The van der Waals surface area contributed by atoms with Gasteiger partial charge in [-0.15, -0.1) is 0 Å². The maximum absolute atomic E-state index is 2.38. The fraction of sp³-hybridized carbons (Fsp3) is 0. The van der Waals surface area contributed by atoms with E-state index in [1.165, 1.54) is 66.1 Å². The SMILES string of the molecule is c1ccc(-c2ccc(N(c3ccc(-c4ccccc4)cc3)c3ccc(-c4ccccc4)c(-c4cc5ccccc5c5ccccc45)c3)cc2)cc1. The topological polar surface area (TPSA) is 3.24 Å². The smallest absolute Gasteiger partial charge is 0.0468 e. The van der Waals surface area contributed by atoms with Crippen LogP contribution in [0.3, 0.4) is 0 Å². The van der Waals surface area contributed by atoms with Gasteiger partial charge in [0.1, 0.15) is 0 Å². The molecule has 240 valence electrons. The lowest BCUT2D eigenvalue weighted by Gasteiger charge is -2.27. The van der Waals surface area contributed by atoms with E-state index in [0.717, 1.165) is 17.1 Å². The van der Waals surface area contributed by atoms with Crippen LogP contribution in [0.15, 0.2) is 212 Å². The standard InChI is InChI=1S/C50H35N/c1-4-14-36(15-5-1)38-24-28-42(29-25-38)51(43-30-26-39(27-31-43)37-16-6-2-7-17-37)44-32-33-46(40-18-8-3-9-19-40)50(35-44)49-34-41-20-10-11-21-45(41)47-22-12-13-23-48(47)49/h1-35H. The van der Waals surface area contributed by atoms with Crippen LogP contribution in [0, 0.1) is 0 Å². The molecule has 0 aromatic heterocycles. The summed E-state index contributed by atoms with van der Waals surface area (Å²) < 4.78 is 0. The first kappa shape index (κ1) is 30.4. The summed E-state index contributed by atoms with van der Waals surface area (Å²) in [7, 11) is 0. The molecule has 0 radical (unpaired) electrons. The number of hydrogen-bond donors (Lipinski definition) is 0. The molecule has 9 rings (SSSR count). The molecule has 0 heterocycles. The average molecular weight is 650 g/mol. The Morgan fingerprint density at radius 2 is 0.667 bits per heavy atom. The van der Waals surface area contributed by atoms with Crippen LogP contribution in [0.2, 0.25) is 0 Å². The van der Waals surface area contributed by atoms with Crippen molar-refractivity contribution in [2.24, 2.45) is 0 Å². The average Bonchev–Trinajstić information content (AvgIpc) is 3.22. The van der Waals surface area contributed by atoms with Crippen molar-refractivity contribution in [2.75, 3.05) is 4.90 Å². The van der Waals surface area contributed by atoms with Crippen LogP contribution >= 0.6 is 0 Å². The van der Waals surface area contributed by atoms with Crippen molar-refractivity contribution in [1.82, 2.24) is 0 Å². The van der Waals surface area contributed by atoms with Crippen molar-refractivity contribution in [3.8, 4) is 44.5 Å². The van der Waals surface area contributed by atoms with Crippen molar-refractivity contribution in [1.29, 1.82) is 0 Å². The Morgan fingerprint density at radius 1 is 0.235 bits per heavy atom. The molecule has 0 fully saturated rings. The van der Waals surface area contributed by atoms with Gasteiger partial charge in [-0.25, -0.2) is 0 Å². The molecule has 0 saturated carbocycles. The van der Waals surface area contributed by atoms with Gasteiger partial charge in [-0.05, 0) is 109 Å². The van der Waals surface area contributed by atoms with Crippen molar-refractivity contribution < 1.29 is 0 Å². The van der Waals surface area contributed by atoms with Crippen molar-refractivity contribution in [3.05, 3.63) is 212 Å². The fourth-order valence-corrected chi connectivity index (χ4v) is 7.36. The van der Waals surface area contributed by atoms with Gasteiger partial charge in [-0.3, -0.25) is 0 Å². The lowest BCUT2D eigenvalue weighted by atomic mass is 9.88. The molecule has 9 aromatic carbocycles. The van der Waals surface area contributed by atoms with E-state index in [2.05, 4.69) is 217 Å². The molecule has 0 aliphatic carbocycles. The summed E-state index contributed by atoms with van der Waals surface area (Å²) in [6.07, 6.45) is 0. The maximum atomic E-state index is 2.38. The molecule has 51 heavy (non-hydrogen) atoms. The second kappa shape index (κ2) is 13.3. The molecule has 1 heteroatoms. The Labute approximate surface area is 299 Å². The third kappa shape index (κ3) is 5.86. The van der Waals surface area contributed by atoms with Gasteiger partial charge in [0.2, 0.25) is 0 Å². The minimum Gasteiger partial charge on any atom is -0.310 e. The molecule has 0 amide bonds. The van der Waals surface area contributed by atoms with Gasteiger partial charge >= 0.3 is 0 Å². The van der Waals surface area contributed by atoms with E-state index in [0.29, 0.717) is 0 Å². The Balaban J connectivity index is 1.26. The maximum Gasteiger partial charge on any atom is 0.0468 e. The van der Waals surface area contributed by atoms with E-state index in [1.54, 1.807) is 0 Å². The molecular formula is C50H35N. The lowest BCUT2D eigenvalue weighted by molar-refractivity contribution is 1.28. The molecule has 0 atom stereocenters. The van der Waals surface area contributed by atoms with E-state index < -0.39 is 0 Å². The third-order valence-electron chi connectivity index (χ3n) is 9.87. The quantitative estimate of drug-likeness (QED) is 0.155. The lowest BCUT2D eigenvalue weighted by Crippen LogP contribution is -2.10. The first-order chi connectivity index (χ1) is 25.3. The first-order valence-corrected chi connectivity index (χ1v) is 17.5. The largest absolute Gasteiger partial charge is 0.310 e. The highest BCUT2D eigenvalue weighted by atomic mass is 15.1. The molecule has 0 saturated heterocycles. The van der Waals surface area contributed by atoms with Crippen molar-refractivity contribution in [3.63, 3.8) is 0 Å². The summed E-state index contributed by atoms with van der Waals surface area (Å²) in [6, 6.07) is 76.7. The van der Waals surface area contributed by atoms with E-state index >= 15 is 0 Å². The number of nitrogens with zero attached hydrogens (tertiary/aromatic N) is 1. The van der Waals surface area contributed by atoms with Crippen molar-refractivity contribution in [2.45, 2.75) is 0 Å². The summed E-state index contributed by atoms with van der Waals surface area (Å²) in [6.45, 7) is 0. The minimum atomic E-state index is 1.10. The predicted molar refractivity (Wildman–Crippen MR) is 218 cm³/mol. The highest BCUT2D eigenvalue weighted by Gasteiger charge is 2.19. The zero-order valence-electron chi connectivity index (χ0n) is 28.2. The molecule has 9 aromatic rings. The van der Waals surface area contributed by atoms with E-state index in [1.807, 2.05) is 0 Å². The zero-order valence-corrected chi connectivity index (χ0v) is 28.2. The number of anilines is 3. The van der Waals surface area contributed by atoms with Crippen LogP contribution in [0.25, 0.3) is 66.1 Å². The van der Waals surface area contributed by atoms with E-state index in [-0.39, 0.29) is 0 Å². The monoisotopic (exact) mass is 649 g/mol. The molecule has 0 spiro atoms. The molecular weight excluding hydrogens is 615 g/mol. The predicted octanol–water partition coefficient (Wildman–Crippen LogP) is 14.1. The van der Waals surface area contributed by atoms with Gasteiger partial charge in [0, 0.05) is 17.1 Å². The van der Waals surface area contributed by atoms with Gasteiger partial charge in [0.15, 0.2) is 0 Å². The number of benzene rings is 9. The highest BCUT2D eigenvalue weighted by molar-refractivity contribution is 6.15. The number of hydrogen-bond acceptors (Lipinski definition) is 1. The van der Waals surface area contributed by atoms with Crippen LogP contribution in [0.4, 0.5) is 17.1 Å². The fourth-order valence-electron chi connectivity index (χ4n) is 7.36. The van der Waals surface area contributed by atoms with Crippen LogP contribution in [0.5, 0.6) is 0 Å². The van der Waals surface area contributed by atoms with Gasteiger partial charge in [-0.1, -0.05) is 170 Å². The Kier molecular flexibility index (Phi) is 7.92. The van der Waals surface area contributed by atoms with Gasteiger partial charge in [-0.2, -0.15) is 0 Å². The molecule has 0 bridgehead atoms. The Hall–Kier alpha value is -6.70. The summed E-state index contributed by atoms with van der Waals surface area (Å²) >= 11 is 0. The second-order valence-corrected chi connectivity index (χ2v) is 12.9. The Morgan fingerprint density at radius 3 is 1.24 bits per heavy atom. The van der Waals surface area contributed by atoms with E-state index in [9.17, 15) is 0 Å². The van der Waals surface area contributed by atoms with Gasteiger partial charge < -0.3 is 4.90 Å². The second-order valence-electron chi connectivity index (χ2n) is 12.9. The first-order valence-electron chi connectivity index (χ1n) is 17.5. The Bertz CT molecular complexity index is 2510. The summed E-state index contributed by atoms with van der Waals surface area (Å²) in [4.78, 5) is 2.38. The third-order valence-corrected chi connectivity index (χ3v) is 9.87. The summed E-state index contributed by atoms with van der Waals surface area (Å²) in [5.41, 5.74) is 12.9. The van der Waals surface area contributed by atoms with Gasteiger partial charge in [0.25, 0.3) is 0 Å². The summed E-state index contributed by atoms with van der Waals surface area (Å²) in [5, 5.41) is 5.02. The molecule has 0 N–H and O–H groups in total. The van der Waals surface area contributed by atoms with Gasteiger partial charge in [0.05, 0.1) is 0 Å².